The number of phenolic OH excluding ortho intramolecular Hbond substituents is 1. The highest BCUT2D eigenvalue weighted by Gasteiger charge is 2.14. The van der Waals surface area contributed by atoms with Crippen molar-refractivity contribution in [3.63, 3.8) is 0 Å². The zero-order valence-corrected chi connectivity index (χ0v) is 11.2. The van der Waals surface area contributed by atoms with Crippen LogP contribution in [0.4, 0.5) is 10.1 Å². The largest absolute Gasteiger partial charge is 0.506 e. The van der Waals surface area contributed by atoms with Gasteiger partial charge in [-0.05, 0) is 42.8 Å². The summed E-state index contributed by atoms with van der Waals surface area (Å²) >= 11 is 0. The van der Waals surface area contributed by atoms with Crippen molar-refractivity contribution in [3.8, 4) is 28.6 Å². The Morgan fingerprint density at radius 3 is 2.76 bits per heavy atom. The van der Waals surface area contributed by atoms with Gasteiger partial charge in [-0.2, -0.15) is 4.98 Å². The van der Waals surface area contributed by atoms with Crippen LogP contribution in [0.3, 0.4) is 0 Å². The molecule has 0 saturated heterocycles. The third kappa shape index (κ3) is 2.43. The molecule has 1 heterocycles. The van der Waals surface area contributed by atoms with E-state index in [1.807, 2.05) is 6.92 Å². The maximum absolute atomic E-state index is 13.3. The highest BCUT2D eigenvalue weighted by atomic mass is 19.1. The molecule has 0 bridgehead atoms. The molecule has 0 radical (unpaired) electrons. The highest BCUT2D eigenvalue weighted by molar-refractivity contribution is 5.67. The van der Waals surface area contributed by atoms with Crippen LogP contribution in [0.25, 0.3) is 22.8 Å². The standard InChI is InChI=1S/C15H12FN3O2/c1-8-2-4-10(16)7-11(8)14-18-15(21-19-14)9-3-5-13(20)12(17)6-9/h2-7,20H,17H2,1H3. The fourth-order valence-electron chi connectivity index (χ4n) is 1.97. The van der Waals surface area contributed by atoms with E-state index in [9.17, 15) is 9.50 Å². The SMILES string of the molecule is Cc1ccc(F)cc1-c1noc(-c2ccc(O)c(N)c2)n1. The molecule has 3 aromatic rings. The molecule has 106 valence electrons. The lowest BCUT2D eigenvalue weighted by molar-refractivity contribution is 0.432. The van der Waals surface area contributed by atoms with Gasteiger partial charge in [0.1, 0.15) is 11.6 Å². The summed E-state index contributed by atoms with van der Waals surface area (Å²) in [6.07, 6.45) is 0. The molecule has 3 N–H and O–H groups in total. The summed E-state index contributed by atoms with van der Waals surface area (Å²) in [5, 5.41) is 13.3. The monoisotopic (exact) mass is 285 g/mol. The Balaban J connectivity index is 2.03. The summed E-state index contributed by atoms with van der Waals surface area (Å²) in [5.74, 6) is 0.171. The molecule has 2 aromatic carbocycles. The quantitative estimate of drug-likeness (QED) is 0.558. The number of hydrogen-bond acceptors (Lipinski definition) is 5. The van der Waals surface area contributed by atoms with Crippen LogP contribution in [0.15, 0.2) is 40.9 Å². The second-order valence-electron chi connectivity index (χ2n) is 4.66. The van der Waals surface area contributed by atoms with Crippen LogP contribution in [-0.2, 0) is 0 Å². The lowest BCUT2D eigenvalue weighted by atomic mass is 10.1. The number of nitrogens with two attached hydrogens (primary N) is 1. The Hall–Kier alpha value is -2.89. The van der Waals surface area contributed by atoms with E-state index >= 15 is 0 Å². The van der Waals surface area contributed by atoms with Crippen molar-refractivity contribution in [2.75, 3.05) is 5.73 Å². The van der Waals surface area contributed by atoms with E-state index in [1.165, 1.54) is 24.3 Å². The minimum atomic E-state index is -0.365. The Bertz CT molecular complexity index is 814. The average molecular weight is 285 g/mol. The lowest BCUT2D eigenvalue weighted by Gasteiger charge is -2.00. The summed E-state index contributed by atoms with van der Waals surface area (Å²) in [4.78, 5) is 4.24. The van der Waals surface area contributed by atoms with E-state index < -0.39 is 0 Å². The number of aromatic hydroxyl groups is 1. The first kappa shape index (κ1) is 13.1. The zero-order chi connectivity index (χ0) is 15.0. The first-order valence-electron chi connectivity index (χ1n) is 6.23. The van der Waals surface area contributed by atoms with Crippen LogP contribution in [0.2, 0.25) is 0 Å². The predicted octanol–water partition coefficient (Wildman–Crippen LogP) is 3.14. The van der Waals surface area contributed by atoms with E-state index in [0.717, 1.165) is 5.56 Å². The van der Waals surface area contributed by atoms with Gasteiger partial charge in [0.2, 0.25) is 5.82 Å². The molecule has 0 saturated carbocycles. The number of aryl methyl sites for hydroxylation is 1. The molecule has 0 atom stereocenters. The number of benzene rings is 2. The minimum Gasteiger partial charge on any atom is -0.506 e. The van der Waals surface area contributed by atoms with Gasteiger partial charge in [0, 0.05) is 11.1 Å². The van der Waals surface area contributed by atoms with Crippen molar-refractivity contribution < 1.29 is 14.0 Å². The highest BCUT2D eigenvalue weighted by Crippen LogP contribution is 2.29. The van der Waals surface area contributed by atoms with Crippen LogP contribution in [0.1, 0.15) is 5.56 Å². The molecule has 0 fully saturated rings. The van der Waals surface area contributed by atoms with Crippen LogP contribution < -0.4 is 5.73 Å². The number of phenols is 1. The third-order valence-corrected chi connectivity index (χ3v) is 3.14. The summed E-state index contributed by atoms with van der Waals surface area (Å²) in [7, 11) is 0. The molecule has 5 nitrogen and oxygen atoms in total. The molecule has 6 heteroatoms. The maximum Gasteiger partial charge on any atom is 0.258 e. The first-order valence-corrected chi connectivity index (χ1v) is 6.23. The number of hydrogen-bond donors (Lipinski definition) is 2. The van der Waals surface area contributed by atoms with Gasteiger partial charge in [0.05, 0.1) is 5.69 Å². The van der Waals surface area contributed by atoms with E-state index in [0.29, 0.717) is 17.0 Å². The van der Waals surface area contributed by atoms with Gasteiger partial charge >= 0.3 is 0 Å². The third-order valence-electron chi connectivity index (χ3n) is 3.14. The van der Waals surface area contributed by atoms with Crippen molar-refractivity contribution in [3.05, 3.63) is 47.8 Å². The van der Waals surface area contributed by atoms with Crippen molar-refractivity contribution in [2.24, 2.45) is 0 Å². The fraction of sp³-hybridized carbons (Fsp3) is 0.0667. The molecular weight excluding hydrogens is 273 g/mol. The number of nitrogens with zero attached hydrogens (tertiary/aromatic N) is 2. The topological polar surface area (TPSA) is 85.2 Å². The Morgan fingerprint density at radius 1 is 1.19 bits per heavy atom. The molecule has 1 aromatic heterocycles. The average Bonchev–Trinajstić information content (AvgIpc) is 2.94. The van der Waals surface area contributed by atoms with Gasteiger partial charge in [0.25, 0.3) is 5.89 Å². The molecular formula is C15H12FN3O2. The Morgan fingerprint density at radius 2 is 2.00 bits per heavy atom. The van der Waals surface area contributed by atoms with Gasteiger partial charge < -0.3 is 15.4 Å². The van der Waals surface area contributed by atoms with E-state index in [-0.39, 0.29) is 23.1 Å². The van der Waals surface area contributed by atoms with Gasteiger partial charge in [-0.1, -0.05) is 11.2 Å². The number of aromatic nitrogens is 2. The first-order chi connectivity index (χ1) is 10.0. The van der Waals surface area contributed by atoms with Gasteiger partial charge in [-0.25, -0.2) is 4.39 Å². The smallest absolute Gasteiger partial charge is 0.258 e. The molecule has 21 heavy (non-hydrogen) atoms. The van der Waals surface area contributed by atoms with Crippen LogP contribution in [0, 0.1) is 12.7 Å². The van der Waals surface area contributed by atoms with Gasteiger partial charge in [-0.15, -0.1) is 0 Å². The summed E-state index contributed by atoms with van der Waals surface area (Å²) in [6.45, 7) is 1.84. The van der Waals surface area contributed by atoms with Crippen molar-refractivity contribution in [1.82, 2.24) is 10.1 Å². The Labute approximate surface area is 119 Å². The molecule has 0 aliphatic carbocycles. The molecule has 0 amide bonds. The lowest BCUT2D eigenvalue weighted by Crippen LogP contribution is -1.88. The number of rotatable bonds is 2. The number of halogens is 1. The van der Waals surface area contributed by atoms with E-state index in [2.05, 4.69) is 10.1 Å². The minimum absolute atomic E-state index is 0.0144. The molecule has 0 spiro atoms. The van der Waals surface area contributed by atoms with Crippen molar-refractivity contribution in [1.29, 1.82) is 0 Å². The normalized spacial score (nSPS) is 10.8. The Kier molecular flexibility index (Phi) is 3.06. The van der Waals surface area contributed by atoms with E-state index in [4.69, 9.17) is 10.3 Å². The second-order valence-corrected chi connectivity index (χ2v) is 4.66. The zero-order valence-electron chi connectivity index (χ0n) is 11.2. The van der Waals surface area contributed by atoms with Crippen LogP contribution >= 0.6 is 0 Å². The van der Waals surface area contributed by atoms with Crippen molar-refractivity contribution in [2.45, 2.75) is 6.92 Å². The molecule has 0 aliphatic rings. The van der Waals surface area contributed by atoms with Crippen LogP contribution in [0.5, 0.6) is 5.75 Å². The number of nitrogen functional groups attached to an aromatic ring is 1. The maximum atomic E-state index is 13.3. The van der Waals surface area contributed by atoms with Crippen molar-refractivity contribution >= 4 is 5.69 Å². The fourth-order valence-corrected chi connectivity index (χ4v) is 1.97. The number of anilines is 1. The summed E-state index contributed by atoms with van der Waals surface area (Å²) in [5.41, 5.74) is 7.84. The van der Waals surface area contributed by atoms with Crippen LogP contribution in [-0.4, -0.2) is 15.2 Å². The molecule has 0 unspecified atom stereocenters. The second kappa shape index (κ2) is 4.90. The van der Waals surface area contributed by atoms with Gasteiger partial charge in [-0.3, -0.25) is 0 Å². The summed E-state index contributed by atoms with van der Waals surface area (Å²) in [6, 6.07) is 8.98. The molecule has 0 aliphatic heterocycles. The summed E-state index contributed by atoms with van der Waals surface area (Å²) < 4.78 is 18.5. The molecule has 3 rings (SSSR count). The predicted molar refractivity (Wildman–Crippen MR) is 75.9 cm³/mol. The van der Waals surface area contributed by atoms with E-state index in [1.54, 1.807) is 12.1 Å². The van der Waals surface area contributed by atoms with Gasteiger partial charge in [0.15, 0.2) is 0 Å².